The third-order valence-electron chi connectivity index (χ3n) is 4.83. The number of carbonyl (C=O) groups is 1. The van der Waals surface area contributed by atoms with Gasteiger partial charge in [-0.25, -0.2) is 8.42 Å². The van der Waals surface area contributed by atoms with E-state index in [0.717, 1.165) is 22.4 Å². The Labute approximate surface area is 180 Å². The van der Waals surface area contributed by atoms with Crippen LogP contribution >= 0.6 is 0 Å². The molecule has 0 unspecified atom stereocenters. The van der Waals surface area contributed by atoms with Crippen molar-refractivity contribution in [1.29, 1.82) is 0 Å². The fourth-order valence-electron chi connectivity index (χ4n) is 3.22. The number of carbonyl (C=O) groups excluding carboxylic acids is 1. The van der Waals surface area contributed by atoms with Gasteiger partial charge in [0.2, 0.25) is 15.9 Å². The van der Waals surface area contributed by atoms with Crippen molar-refractivity contribution in [2.75, 3.05) is 30.3 Å². The molecule has 0 aromatic heterocycles. The molecule has 1 amide bonds. The van der Waals surface area contributed by atoms with E-state index in [4.69, 9.17) is 4.74 Å². The second kappa shape index (κ2) is 10.5. The summed E-state index contributed by atoms with van der Waals surface area (Å²) in [5.41, 5.74) is 5.01. The Balaban J connectivity index is 1.79. The number of nitrogens with zero attached hydrogens (tertiary/aromatic N) is 1. The lowest BCUT2D eigenvalue weighted by Crippen LogP contribution is -2.33. The first-order valence-corrected chi connectivity index (χ1v) is 11.9. The van der Waals surface area contributed by atoms with E-state index in [1.165, 1.54) is 16.1 Å². The minimum absolute atomic E-state index is 0.118. The maximum atomic E-state index is 12.2. The van der Waals surface area contributed by atoms with E-state index in [2.05, 4.69) is 5.32 Å². The lowest BCUT2D eigenvalue weighted by Gasteiger charge is -2.23. The number of hydrogen-bond donors (Lipinski definition) is 1. The summed E-state index contributed by atoms with van der Waals surface area (Å²) in [4.78, 5) is 12.1. The van der Waals surface area contributed by atoms with Gasteiger partial charge in [-0.1, -0.05) is 12.1 Å². The molecule has 0 bridgehead atoms. The van der Waals surface area contributed by atoms with Gasteiger partial charge >= 0.3 is 0 Å². The fraction of sp³-hybridized carbons (Fsp3) is 0.435. The predicted octanol–water partition coefficient (Wildman–Crippen LogP) is 3.66. The molecular formula is C23H32N2O4S. The van der Waals surface area contributed by atoms with Crippen molar-refractivity contribution >= 4 is 21.6 Å². The average molecular weight is 433 g/mol. The number of aryl methyl sites for hydroxylation is 4. The van der Waals surface area contributed by atoms with Crippen molar-refractivity contribution in [2.45, 2.75) is 40.5 Å². The molecule has 0 aliphatic carbocycles. The minimum atomic E-state index is -3.43. The van der Waals surface area contributed by atoms with Gasteiger partial charge in [0.15, 0.2) is 0 Å². The zero-order valence-corrected chi connectivity index (χ0v) is 19.3. The van der Waals surface area contributed by atoms with Crippen molar-refractivity contribution in [3.05, 3.63) is 58.7 Å². The summed E-state index contributed by atoms with van der Waals surface area (Å²) in [6, 6.07) is 11.6. The zero-order valence-electron chi connectivity index (χ0n) is 18.5. The molecule has 0 fully saturated rings. The number of benzene rings is 2. The van der Waals surface area contributed by atoms with Crippen LogP contribution in [0.3, 0.4) is 0 Å². The summed E-state index contributed by atoms with van der Waals surface area (Å²) >= 11 is 0. The Bertz CT molecular complexity index is 966. The molecule has 0 radical (unpaired) electrons. The number of rotatable bonds is 10. The summed E-state index contributed by atoms with van der Waals surface area (Å²) in [5, 5.41) is 2.82. The first-order chi connectivity index (χ1) is 14.1. The molecule has 0 heterocycles. The predicted molar refractivity (Wildman–Crippen MR) is 122 cm³/mol. The summed E-state index contributed by atoms with van der Waals surface area (Å²) in [5.74, 6) is 0.664. The Kier molecular flexibility index (Phi) is 8.29. The van der Waals surface area contributed by atoms with Gasteiger partial charge in [-0.15, -0.1) is 0 Å². The average Bonchev–Trinajstić information content (AvgIpc) is 2.63. The van der Waals surface area contributed by atoms with Crippen molar-refractivity contribution in [1.82, 2.24) is 5.32 Å². The van der Waals surface area contributed by atoms with Crippen LogP contribution in [0, 0.1) is 27.7 Å². The highest BCUT2D eigenvalue weighted by Gasteiger charge is 2.18. The molecule has 7 heteroatoms. The minimum Gasteiger partial charge on any atom is -0.492 e. The van der Waals surface area contributed by atoms with Crippen molar-refractivity contribution in [3.8, 4) is 5.75 Å². The molecule has 2 rings (SSSR count). The van der Waals surface area contributed by atoms with Gasteiger partial charge in [0.25, 0.3) is 0 Å². The Morgan fingerprint density at radius 3 is 2.27 bits per heavy atom. The Morgan fingerprint density at radius 2 is 1.67 bits per heavy atom. The highest BCUT2D eigenvalue weighted by Crippen LogP contribution is 2.22. The maximum absolute atomic E-state index is 12.2. The van der Waals surface area contributed by atoms with Gasteiger partial charge in [-0.3, -0.25) is 9.10 Å². The molecule has 0 aliphatic heterocycles. The normalized spacial score (nSPS) is 11.2. The molecule has 0 saturated heterocycles. The second-order valence-electron chi connectivity index (χ2n) is 7.73. The number of sulfonamides is 1. The zero-order chi connectivity index (χ0) is 22.3. The Morgan fingerprint density at radius 1 is 1.00 bits per heavy atom. The van der Waals surface area contributed by atoms with Gasteiger partial charge < -0.3 is 10.1 Å². The lowest BCUT2D eigenvalue weighted by molar-refractivity contribution is -0.121. The monoisotopic (exact) mass is 432 g/mol. The topological polar surface area (TPSA) is 75.7 Å². The van der Waals surface area contributed by atoms with Gasteiger partial charge in [0.1, 0.15) is 12.4 Å². The lowest BCUT2D eigenvalue weighted by atomic mass is 10.1. The van der Waals surface area contributed by atoms with Crippen LogP contribution in [0.1, 0.15) is 35.1 Å². The van der Waals surface area contributed by atoms with Crippen LogP contribution in [-0.4, -0.2) is 40.3 Å². The van der Waals surface area contributed by atoms with Crippen molar-refractivity contribution < 1.29 is 17.9 Å². The van der Waals surface area contributed by atoms with Gasteiger partial charge in [0.05, 0.1) is 18.5 Å². The standard InChI is InChI=1S/C23H32N2O4S/c1-17-13-18(2)15-21(14-17)25(30(5,27)28)11-6-7-23(26)24-10-12-29-22-9-8-19(3)20(4)16-22/h8-9,13-16H,6-7,10-12H2,1-5H3,(H,24,26). The quantitative estimate of drug-likeness (QED) is 0.582. The van der Waals surface area contributed by atoms with Crippen molar-refractivity contribution in [2.24, 2.45) is 0 Å². The highest BCUT2D eigenvalue weighted by atomic mass is 32.2. The molecule has 0 saturated carbocycles. The molecule has 0 aliphatic rings. The van der Waals surface area contributed by atoms with E-state index in [9.17, 15) is 13.2 Å². The molecule has 164 valence electrons. The van der Waals surface area contributed by atoms with E-state index >= 15 is 0 Å². The van der Waals surface area contributed by atoms with Crippen LogP contribution < -0.4 is 14.4 Å². The summed E-state index contributed by atoms with van der Waals surface area (Å²) in [6.45, 7) is 8.99. The van der Waals surface area contributed by atoms with E-state index in [1.54, 1.807) is 0 Å². The summed E-state index contributed by atoms with van der Waals surface area (Å²) in [7, 11) is -3.43. The molecule has 30 heavy (non-hydrogen) atoms. The number of anilines is 1. The van der Waals surface area contributed by atoms with Gasteiger partial charge in [-0.2, -0.15) is 0 Å². The molecule has 1 N–H and O–H groups in total. The largest absolute Gasteiger partial charge is 0.492 e. The summed E-state index contributed by atoms with van der Waals surface area (Å²) in [6.07, 6.45) is 1.87. The van der Waals surface area contributed by atoms with E-state index < -0.39 is 10.0 Å². The summed E-state index contributed by atoms with van der Waals surface area (Å²) < 4.78 is 31.5. The molecule has 0 atom stereocenters. The Hall–Kier alpha value is -2.54. The molecule has 2 aromatic carbocycles. The molecule has 6 nitrogen and oxygen atoms in total. The van der Waals surface area contributed by atoms with Crippen LogP contribution in [0.4, 0.5) is 5.69 Å². The number of nitrogens with one attached hydrogen (secondary N) is 1. The number of ether oxygens (including phenoxy) is 1. The van der Waals surface area contributed by atoms with Gasteiger partial charge in [-0.05, 0) is 80.6 Å². The highest BCUT2D eigenvalue weighted by molar-refractivity contribution is 7.92. The molecule has 0 spiro atoms. The van der Waals surface area contributed by atoms with E-state index in [0.29, 0.717) is 25.3 Å². The second-order valence-corrected chi connectivity index (χ2v) is 9.64. The van der Waals surface area contributed by atoms with Crippen LogP contribution in [0.2, 0.25) is 0 Å². The first kappa shape index (κ1) is 23.7. The van der Waals surface area contributed by atoms with E-state index in [-0.39, 0.29) is 18.9 Å². The third kappa shape index (κ3) is 7.37. The van der Waals surface area contributed by atoms with Crippen LogP contribution in [-0.2, 0) is 14.8 Å². The smallest absolute Gasteiger partial charge is 0.232 e. The van der Waals surface area contributed by atoms with Crippen molar-refractivity contribution in [3.63, 3.8) is 0 Å². The van der Waals surface area contributed by atoms with Crippen LogP contribution in [0.5, 0.6) is 5.75 Å². The third-order valence-corrected chi connectivity index (χ3v) is 6.03. The molecular weight excluding hydrogens is 400 g/mol. The SMILES string of the molecule is Cc1cc(C)cc(N(CCCC(=O)NCCOc2ccc(C)c(C)c2)S(C)(=O)=O)c1. The van der Waals surface area contributed by atoms with Gasteiger partial charge in [0, 0.05) is 13.0 Å². The fourth-order valence-corrected chi connectivity index (χ4v) is 4.16. The maximum Gasteiger partial charge on any atom is 0.232 e. The number of hydrogen-bond acceptors (Lipinski definition) is 4. The van der Waals surface area contributed by atoms with Crippen LogP contribution in [0.25, 0.3) is 0 Å². The van der Waals surface area contributed by atoms with Crippen LogP contribution in [0.15, 0.2) is 36.4 Å². The first-order valence-electron chi connectivity index (χ1n) is 10.1. The van der Waals surface area contributed by atoms with E-state index in [1.807, 2.05) is 64.1 Å². The number of amides is 1. The molecule has 2 aromatic rings.